The molecule has 1 atom stereocenters. The van der Waals surface area contributed by atoms with Crippen molar-refractivity contribution in [2.45, 2.75) is 39.7 Å². The van der Waals surface area contributed by atoms with Crippen LogP contribution in [0, 0.1) is 0 Å². The van der Waals surface area contributed by atoms with Gasteiger partial charge in [-0.05, 0) is 39.4 Å². The van der Waals surface area contributed by atoms with E-state index in [9.17, 15) is 0 Å². The van der Waals surface area contributed by atoms with Crippen LogP contribution in [0.25, 0.3) is 0 Å². The largest absolute Gasteiger partial charge is 0.313 e. The molecule has 1 unspecified atom stereocenters. The van der Waals surface area contributed by atoms with E-state index >= 15 is 0 Å². The zero-order valence-electron chi connectivity index (χ0n) is 10.1. The third-order valence-electron chi connectivity index (χ3n) is 2.50. The van der Waals surface area contributed by atoms with Crippen LogP contribution in [0.4, 0.5) is 0 Å². The Labute approximate surface area is 89.4 Å². The lowest BCUT2D eigenvalue weighted by Crippen LogP contribution is -2.39. The van der Waals surface area contributed by atoms with Crippen LogP contribution < -0.4 is 5.32 Å². The molecule has 0 aliphatic rings. The molecule has 84 valence electrons. The first-order chi connectivity index (χ1) is 6.74. The highest BCUT2D eigenvalue weighted by atomic mass is 15.1. The average molecular weight is 198 g/mol. The Morgan fingerprint density at radius 1 is 1.36 bits per heavy atom. The monoisotopic (exact) mass is 198 g/mol. The number of nitrogens with zero attached hydrogens (tertiary/aromatic N) is 1. The Morgan fingerprint density at radius 3 is 2.50 bits per heavy atom. The van der Waals surface area contributed by atoms with Crippen LogP contribution in [0.1, 0.15) is 33.6 Å². The van der Waals surface area contributed by atoms with Gasteiger partial charge < -0.3 is 10.2 Å². The van der Waals surface area contributed by atoms with Gasteiger partial charge in [-0.25, -0.2) is 0 Å². The molecule has 0 saturated heterocycles. The Bertz CT molecular complexity index is 130. The topological polar surface area (TPSA) is 15.3 Å². The van der Waals surface area contributed by atoms with E-state index in [2.05, 4.69) is 37.6 Å². The SMILES string of the molecule is C=CCCCNC(C)CN(CC)CC. The molecule has 0 bridgehead atoms. The fraction of sp³-hybridized carbons (Fsp3) is 0.833. The van der Waals surface area contributed by atoms with Gasteiger partial charge in [0, 0.05) is 12.6 Å². The highest BCUT2D eigenvalue weighted by Crippen LogP contribution is 1.93. The first-order valence-electron chi connectivity index (χ1n) is 5.81. The van der Waals surface area contributed by atoms with Gasteiger partial charge in [0.05, 0.1) is 0 Å². The van der Waals surface area contributed by atoms with Crippen molar-refractivity contribution in [1.82, 2.24) is 10.2 Å². The fourth-order valence-corrected chi connectivity index (χ4v) is 1.53. The third-order valence-corrected chi connectivity index (χ3v) is 2.50. The van der Waals surface area contributed by atoms with Gasteiger partial charge in [-0.2, -0.15) is 0 Å². The van der Waals surface area contributed by atoms with Gasteiger partial charge in [-0.15, -0.1) is 6.58 Å². The smallest absolute Gasteiger partial charge is 0.0166 e. The Balaban J connectivity index is 3.43. The van der Waals surface area contributed by atoms with E-state index in [-0.39, 0.29) is 0 Å². The highest BCUT2D eigenvalue weighted by molar-refractivity contribution is 4.69. The lowest BCUT2D eigenvalue weighted by Gasteiger charge is -2.23. The summed E-state index contributed by atoms with van der Waals surface area (Å²) in [6.45, 7) is 15.0. The van der Waals surface area contributed by atoms with E-state index in [1.807, 2.05) is 6.08 Å². The normalized spacial score (nSPS) is 13.1. The summed E-state index contributed by atoms with van der Waals surface area (Å²) >= 11 is 0. The lowest BCUT2D eigenvalue weighted by atomic mass is 10.2. The van der Waals surface area contributed by atoms with E-state index in [0.717, 1.165) is 32.6 Å². The van der Waals surface area contributed by atoms with Crippen molar-refractivity contribution in [2.24, 2.45) is 0 Å². The maximum absolute atomic E-state index is 3.72. The first kappa shape index (κ1) is 13.7. The van der Waals surface area contributed by atoms with Gasteiger partial charge in [0.15, 0.2) is 0 Å². The van der Waals surface area contributed by atoms with Crippen LogP contribution in [0.3, 0.4) is 0 Å². The number of allylic oxidation sites excluding steroid dienone is 1. The molecule has 1 N–H and O–H groups in total. The number of nitrogens with one attached hydrogen (secondary N) is 1. The minimum atomic E-state index is 0.597. The van der Waals surface area contributed by atoms with Crippen LogP contribution in [-0.4, -0.2) is 37.1 Å². The van der Waals surface area contributed by atoms with E-state index in [1.54, 1.807) is 0 Å². The summed E-state index contributed by atoms with van der Waals surface area (Å²) < 4.78 is 0. The predicted octanol–water partition coefficient (Wildman–Crippen LogP) is 2.27. The molecule has 0 radical (unpaired) electrons. The second kappa shape index (κ2) is 9.22. The van der Waals surface area contributed by atoms with Crippen LogP contribution in [-0.2, 0) is 0 Å². The van der Waals surface area contributed by atoms with Gasteiger partial charge in [0.25, 0.3) is 0 Å². The minimum absolute atomic E-state index is 0.597. The molecule has 0 saturated carbocycles. The molecule has 0 heterocycles. The second-order valence-corrected chi connectivity index (χ2v) is 3.77. The third kappa shape index (κ3) is 7.10. The van der Waals surface area contributed by atoms with E-state index < -0.39 is 0 Å². The summed E-state index contributed by atoms with van der Waals surface area (Å²) in [6, 6.07) is 0.597. The van der Waals surface area contributed by atoms with Crippen LogP contribution in [0.5, 0.6) is 0 Å². The predicted molar refractivity (Wildman–Crippen MR) is 64.7 cm³/mol. The van der Waals surface area contributed by atoms with Crippen molar-refractivity contribution in [3.05, 3.63) is 12.7 Å². The number of likely N-dealkylation sites (N-methyl/N-ethyl adjacent to an activating group) is 1. The quantitative estimate of drug-likeness (QED) is 0.452. The van der Waals surface area contributed by atoms with E-state index in [4.69, 9.17) is 0 Å². The zero-order valence-corrected chi connectivity index (χ0v) is 10.1. The maximum atomic E-state index is 3.72. The fourth-order valence-electron chi connectivity index (χ4n) is 1.53. The van der Waals surface area contributed by atoms with Crippen LogP contribution in [0.15, 0.2) is 12.7 Å². The zero-order chi connectivity index (χ0) is 10.8. The van der Waals surface area contributed by atoms with Crippen LogP contribution in [0.2, 0.25) is 0 Å². The van der Waals surface area contributed by atoms with Gasteiger partial charge in [-0.3, -0.25) is 0 Å². The average Bonchev–Trinajstić information content (AvgIpc) is 2.21. The molecule has 14 heavy (non-hydrogen) atoms. The molecular formula is C12H26N2. The van der Waals surface area contributed by atoms with Crippen molar-refractivity contribution >= 4 is 0 Å². The number of unbranched alkanes of at least 4 members (excludes halogenated alkanes) is 1. The molecule has 0 amide bonds. The molecule has 2 nitrogen and oxygen atoms in total. The first-order valence-corrected chi connectivity index (χ1v) is 5.81. The Morgan fingerprint density at radius 2 is 2.00 bits per heavy atom. The molecule has 2 heteroatoms. The van der Waals surface area contributed by atoms with E-state index in [0.29, 0.717) is 6.04 Å². The molecule has 0 aliphatic heterocycles. The number of rotatable bonds is 9. The Kier molecular flexibility index (Phi) is 9.00. The van der Waals surface area contributed by atoms with Gasteiger partial charge >= 0.3 is 0 Å². The van der Waals surface area contributed by atoms with Crippen molar-refractivity contribution in [2.75, 3.05) is 26.2 Å². The maximum Gasteiger partial charge on any atom is 0.0166 e. The molecule has 0 fully saturated rings. The van der Waals surface area contributed by atoms with Crippen molar-refractivity contribution in [3.63, 3.8) is 0 Å². The lowest BCUT2D eigenvalue weighted by molar-refractivity contribution is 0.271. The Hall–Kier alpha value is -0.340. The molecule has 0 aromatic rings. The van der Waals surface area contributed by atoms with Crippen molar-refractivity contribution < 1.29 is 0 Å². The molecule has 0 aromatic carbocycles. The minimum Gasteiger partial charge on any atom is -0.313 e. The van der Waals surface area contributed by atoms with Gasteiger partial charge in [-0.1, -0.05) is 19.9 Å². The number of hydrogen-bond donors (Lipinski definition) is 1. The number of hydrogen-bond acceptors (Lipinski definition) is 2. The summed E-state index contributed by atoms with van der Waals surface area (Å²) in [4.78, 5) is 2.45. The van der Waals surface area contributed by atoms with Crippen molar-refractivity contribution in [1.29, 1.82) is 0 Å². The summed E-state index contributed by atoms with van der Waals surface area (Å²) in [7, 11) is 0. The highest BCUT2D eigenvalue weighted by Gasteiger charge is 2.05. The molecule has 0 aromatic heterocycles. The van der Waals surface area contributed by atoms with Gasteiger partial charge in [0.2, 0.25) is 0 Å². The summed E-state index contributed by atoms with van der Waals surface area (Å²) in [6.07, 6.45) is 4.30. The standard InChI is InChI=1S/C12H26N2/c1-5-8-9-10-13-12(4)11-14(6-2)7-3/h5,12-13H,1,6-11H2,2-4H3. The molecular weight excluding hydrogens is 172 g/mol. The summed E-state index contributed by atoms with van der Waals surface area (Å²) in [5, 5.41) is 3.53. The summed E-state index contributed by atoms with van der Waals surface area (Å²) in [5.74, 6) is 0. The van der Waals surface area contributed by atoms with Gasteiger partial charge in [0.1, 0.15) is 0 Å². The van der Waals surface area contributed by atoms with E-state index in [1.165, 1.54) is 6.42 Å². The molecule has 0 aliphatic carbocycles. The van der Waals surface area contributed by atoms with Crippen molar-refractivity contribution in [3.8, 4) is 0 Å². The molecule has 0 rings (SSSR count). The summed E-state index contributed by atoms with van der Waals surface area (Å²) in [5.41, 5.74) is 0. The molecule has 0 spiro atoms. The second-order valence-electron chi connectivity index (χ2n) is 3.77. The van der Waals surface area contributed by atoms with Crippen LogP contribution >= 0.6 is 0 Å².